The number of benzene rings is 1. The van der Waals surface area contributed by atoms with Crippen LogP contribution in [0.3, 0.4) is 0 Å². The number of hydrogen-bond donors (Lipinski definition) is 0. The van der Waals surface area contributed by atoms with Crippen LogP contribution in [0.1, 0.15) is 31.4 Å². The first-order chi connectivity index (χ1) is 7.76. The molecule has 0 heterocycles. The van der Waals surface area contributed by atoms with Crippen LogP contribution < -0.4 is 0 Å². The van der Waals surface area contributed by atoms with Gasteiger partial charge in [-0.2, -0.15) is 0 Å². The molecular formula is C14H20O2. The van der Waals surface area contributed by atoms with Gasteiger partial charge in [-0.05, 0) is 30.5 Å². The van der Waals surface area contributed by atoms with Crippen LogP contribution in [-0.4, -0.2) is 12.9 Å². The fourth-order valence-corrected chi connectivity index (χ4v) is 1.36. The molecule has 0 amide bonds. The Morgan fingerprint density at radius 2 is 2.19 bits per heavy atom. The molecule has 0 saturated carbocycles. The summed E-state index contributed by atoms with van der Waals surface area (Å²) >= 11 is 0. The zero-order chi connectivity index (χ0) is 11.8. The Morgan fingerprint density at radius 1 is 1.38 bits per heavy atom. The predicted molar refractivity (Wildman–Crippen MR) is 67.0 cm³/mol. The van der Waals surface area contributed by atoms with Gasteiger partial charge in [0.25, 0.3) is 0 Å². The lowest BCUT2D eigenvalue weighted by atomic mass is 10.1. The molecule has 1 aromatic carbocycles. The van der Waals surface area contributed by atoms with Crippen LogP contribution in [0, 0.1) is 0 Å². The van der Waals surface area contributed by atoms with E-state index in [9.17, 15) is 0 Å². The Kier molecular flexibility index (Phi) is 5.83. The van der Waals surface area contributed by atoms with E-state index >= 15 is 0 Å². The minimum atomic E-state index is -0.146. The highest BCUT2D eigenvalue weighted by Crippen LogP contribution is 2.09. The van der Waals surface area contributed by atoms with Crippen molar-refractivity contribution in [3.05, 3.63) is 42.0 Å². The van der Waals surface area contributed by atoms with E-state index in [1.165, 1.54) is 0 Å². The van der Waals surface area contributed by atoms with Crippen molar-refractivity contribution in [1.82, 2.24) is 0 Å². The average Bonchev–Trinajstić information content (AvgIpc) is 2.34. The van der Waals surface area contributed by atoms with Gasteiger partial charge < -0.3 is 9.47 Å². The topological polar surface area (TPSA) is 18.5 Å². The summed E-state index contributed by atoms with van der Waals surface area (Å²) in [7, 11) is 0. The molecule has 0 fully saturated rings. The van der Waals surface area contributed by atoms with Crippen LogP contribution in [0.25, 0.3) is 6.08 Å². The molecule has 0 aliphatic carbocycles. The molecule has 2 heteroatoms. The van der Waals surface area contributed by atoms with Gasteiger partial charge in [0, 0.05) is 6.61 Å². The minimum absolute atomic E-state index is 0.146. The Bertz CT molecular complexity index is 320. The van der Waals surface area contributed by atoms with Gasteiger partial charge in [0.2, 0.25) is 0 Å². The highest BCUT2D eigenvalue weighted by molar-refractivity contribution is 5.47. The normalized spacial score (nSPS) is 12.4. The number of rotatable bonds is 7. The van der Waals surface area contributed by atoms with Crippen molar-refractivity contribution in [3.8, 4) is 0 Å². The van der Waals surface area contributed by atoms with Crippen molar-refractivity contribution < 1.29 is 9.47 Å². The van der Waals surface area contributed by atoms with Gasteiger partial charge in [0.1, 0.15) is 0 Å². The number of hydrogen-bond acceptors (Lipinski definition) is 2. The molecule has 2 nitrogen and oxygen atoms in total. The molecule has 0 radical (unpaired) electrons. The standard InChI is InChI=1S/C14H20O2/c1-4-9-15-12(3)16-11-14-8-6-7-13(5-2)10-14/h5-8,10,12H,2,4,9,11H2,1,3H3. The first-order valence-electron chi connectivity index (χ1n) is 5.71. The molecule has 0 bridgehead atoms. The second-order valence-electron chi connectivity index (χ2n) is 3.70. The van der Waals surface area contributed by atoms with Crippen LogP contribution in [0.4, 0.5) is 0 Å². The summed E-state index contributed by atoms with van der Waals surface area (Å²) in [6, 6.07) is 8.14. The Labute approximate surface area is 97.9 Å². The van der Waals surface area contributed by atoms with Crippen molar-refractivity contribution >= 4 is 6.08 Å². The Hall–Kier alpha value is -1.12. The van der Waals surface area contributed by atoms with E-state index in [4.69, 9.17) is 9.47 Å². The molecule has 0 aromatic heterocycles. The van der Waals surface area contributed by atoms with Crippen molar-refractivity contribution in [3.63, 3.8) is 0 Å². The van der Waals surface area contributed by atoms with Gasteiger partial charge in [-0.15, -0.1) is 0 Å². The van der Waals surface area contributed by atoms with E-state index in [1.54, 1.807) is 0 Å². The largest absolute Gasteiger partial charge is 0.353 e. The zero-order valence-corrected chi connectivity index (χ0v) is 10.1. The summed E-state index contributed by atoms with van der Waals surface area (Å²) in [6.45, 7) is 9.07. The van der Waals surface area contributed by atoms with Crippen LogP contribution in [-0.2, 0) is 16.1 Å². The van der Waals surface area contributed by atoms with Gasteiger partial charge in [0.15, 0.2) is 6.29 Å². The smallest absolute Gasteiger partial charge is 0.155 e. The second-order valence-corrected chi connectivity index (χ2v) is 3.70. The summed E-state index contributed by atoms with van der Waals surface area (Å²) in [5, 5.41) is 0. The molecule has 1 rings (SSSR count). The molecule has 88 valence electrons. The third kappa shape index (κ3) is 4.60. The van der Waals surface area contributed by atoms with Crippen molar-refractivity contribution in [2.24, 2.45) is 0 Å². The second kappa shape index (κ2) is 7.20. The first kappa shape index (κ1) is 12.9. The van der Waals surface area contributed by atoms with E-state index in [2.05, 4.69) is 19.6 Å². The van der Waals surface area contributed by atoms with Crippen molar-refractivity contribution in [1.29, 1.82) is 0 Å². The third-order valence-corrected chi connectivity index (χ3v) is 2.23. The van der Waals surface area contributed by atoms with Gasteiger partial charge in [0.05, 0.1) is 6.61 Å². The Balaban J connectivity index is 2.38. The Morgan fingerprint density at radius 3 is 2.88 bits per heavy atom. The first-order valence-corrected chi connectivity index (χ1v) is 5.71. The summed E-state index contributed by atoms with van der Waals surface area (Å²) in [5.74, 6) is 0. The maximum Gasteiger partial charge on any atom is 0.155 e. The van der Waals surface area contributed by atoms with Crippen LogP contribution in [0.15, 0.2) is 30.8 Å². The molecular weight excluding hydrogens is 200 g/mol. The van der Waals surface area contributed by atoms with Gasteiger partial charge in [-0.1, -0.05) is 37.8 Å². The van der Waals surface area contributed by atoms with Crippen molar-refractivity contribution in [2.45, 2.75) is 33.2 Å². The molecule has 16 heavy (non-hydrogen) atoms. The molecule has 0 saturated heterocycles. The van der Waals surface area contributed by atoms with E-state index in [-0.39, 0.29) is 6.29 Å². The molecule has 0 aliphatic heterocycles. The summed E-state index contributed by atoms with van der Waals surface area (Å²) < 4.78 is 11.0. The summed E-state index contributed by atoms with van der Waals surface area (Å²) in [4.78, 5) is 0. The average molecular weight is 220 g/mol. The van der Waals surface area contributed by atoms with Gasteiger partial charge >= 0.3 is 0 Å². The number of ether oxygens (including phenoxy) is 2. The van der Waals surface area contributed by atoms with E-state index in [0.717, 1.165) is 24.2 Å². The van der Waals surface area contributed by atoms with Crippen LogP contribution >= 0.6 is 0 Å². The summed E-state index contributed by atoms with van der Waals surface area (Å²) in [5.41, 5.74) is 2.26. The molecule has 0 aliphatic rings. The monoisotopic (exact) mass is 220 g/mol. The lowest BCUT2D eigenvalue weighted by Gasteiger charge is -2.13. The SMILES string of the molecule is C=Cc1cccc(COC(C)OCCC)c1. The molecule has 0 spiro atoms. The predicted octanol–water partition coefficient (Wildman–Crippen LogP) is 3.62. The van der Waals surface area contributed by atoms with Gasteiger partial charge in [-0.25, -0.2) is 0 Å². The fourth-order valence-electron chi connectivity index (χ4n) is 1.36. The zero-order valence-electron chi connectivity index (χ0n) is 10.1. The highest BCUT2D eigenvalue weighted by atomic mass is 16.7. The van der Waals surface area contributed by atoms with Gasteiger partial charge in [-0.3, -0.25) is 0 Å². The highest BCUT2D eigenvalue weighted by Gasteiger charge is 2.01. The van der Waals surface area contributed by atoms with Crippen LogP contribution in [0.2, 0.25) is 0 Å². The summed E-state index contributed by atoms with van der Waals surface area (Å²) in [6.07, 6.45) is 2.70. The minimum Gasteiger partial charge on any atom is -0.353 e. The molecule has 1 aromatic rings. The lowest BCUT2D eigenvalue weighted by molar-refractivity contribution is -0.137. The fraction of sp³-hybridized carbons (Fsp3) is 0.429. The molecule has 1 unspecified atom stereocenters. The lowest BCUT2D eigenvalue weighted by Crippen LogP contribution is -2.13. The van der Waals surface area contributed by atoms with E-state index < -0.39 is 0 Å². The third-order valence-electron chi connectivity index (χ3n) is 2.23. The van der Waals surface area contributed by atoms with E-state index in [0.29, 0.717) is 6.61 Å². The van der Waals surface area contributed by atoms with Crippen LogP contribution in [0.5, 0.6) is 0 Å². The maximum absolute atomic E-state index is 5.57. The molecule has 1 atom stereocenters. The van der Waals surface area contributed by atoms with E-state index in [1.807, 2.05) is 31.2 Å². The maximum atomic E-state index is 5.57. The van der Waals surface area contributed by atoms with Crippen molar-refractivity contribution in [2.75, 3.05) is 6.61 Å². The quantitative estimate of drug-likeness (QED) is 0.653. The molecule has 0 N–H and O–H groups in total.